The number of esters is 1. The molecule has 2 atom stereocenters. The SMILES string of the molecule is CC(C)(C)OC(=O)C1=C(O)[C@H](c2ccccc2)ON(c2ccccc2)[C@@H]1c1ccccc1. The number of carbonyl (C=O) groups excluding carboxylic acids is 1. The van der Waals surface area contributed by atoms with E-state index in [2.05, 4.69) is 0 Å². The zero-order valence-corrected chi connectivity index (χ0v) is 18.4. The van der Waals surface area contributed by atoms with Crippen LogP contribution in [0.3, 0.4) is 0 Å². The molecule has 0 saturated carbocycles. The molecule has 5 heteroatoms. The number of hydrogen-bond acceptors (Lipinski definition) is 5. The van der Waals surface area contributed by atoms with E-state index in [1.54, 1.807) is 5.06 Å². The summed E-state index contributed by atoms with van der Waals surface area (Å²) in [6.45, 7) is 5.43. The highest BCUT2D eigenvalue weighted by Gasteiger charge is 2.43. The van der Waals surface area contributed by atoms with Crippen LogP contribution in [-0.2, 0) is 14.4 Å². The fourth-order valence-corrected chi connectivity index (χ4v) is 3.74. The number of benzene rings is 3. The molecule has 3 aromatic rings. The predicted octanol–water partition coefficient (Wildman–Crippen LogP) is 6.07. The molecule has 5 nitrogen and oxygen atoms in total. The Morgan fingerprint density at radius 3 is 1.88 bits per heavy atom. The molecule has 0 fully saturated rings. The maximum Gasteiger partial charge on any atom is 0.340 e. The third kappa shape index (κ3) is 4.53. The molecule has 0 spiro atoms. The molecule has 1 N–H and O–H groups in total. The maximum atomic E-state index is 13.4. The van der Waals surface area contributed by atoms with Gasteiger partial charge >= 0.3 is 5.97 Å². The van der Waals surface area contributed by atoms with Crippen LogP contribution in [0.1, 0.15) is 44.0 Å². The highest BCUT2D eigenvalue weighted by atomic mass is 16.7. The molecule has 3 aromatic carbocycles. The zero-order valence-electron chi connectivity index (χ0n) is 18.4. The monoisotopic (exact) mass is 429 g/mol. The van der Waals surface area contributed by atoms with Crippen molar-refractivity contribution in [2.24, 2.45) is 0 Å². The Balaban J connectivity index is 1.92. The highest BCUT2D eigenvalue weighted by molar-refractivity contribution is 5.92. The first-order valence-electron chi connectivity index (χ1n) is 10.6. The standard InChI is InChI=1S/C27H27NO4/c1-27(2,3)31-26(30)22-23(19-13-7-4-8-14-19)28(21-17-11-6-12-18-21)32-25(24(22)29)20-15-9-5-10-16-20/h4-18,23,25,29H,1-3H3/t23-,25+/m1/s1. The number of aliphatic hydroxyl groups is 1. The Labute approximate surface area is 188 Å². The Morgan fingerprint density at radius 2 is 1.34 bits per heavy atom. The minimum absolute atomic E-state index is 0.147. The summed E-state index contributed by atoms with van der Waals surface area (Å²) in [7, 11) is 0. The molecule has 1 aliphatic heterocycles. The summed E-state index contributed by atoms with van der Waals surface area (Å²) in [5.74, 6) is -0.722. The van der Waals surface area contributed by atoms with Gasteiger partial charge in [-0.2, -0.15) is 0 Å². The number of hydrogen-bond donors (Lipinski definition) is 1. The van der Waals surface area contributed by atoms with E-state index in [9.17, 15) is 9.90 Å². The first-order valence-corrected chi connectivity index (χ1v) is 10.6. The van der Waals surface area contributed by atoms with Gasteiger partial charge < -0.3 is 9.84 Å². The van der Waals surface area contributed by atoms with Crippen molar-refractivity contribution in [3.8, 4) is 0 Å². The second-order valence-corrected chi connectivity index (χ2v) is 8.67. The van der Waals surface area contributed by atoms with Crippen LogP contribution in [-0.4, -0.2) is 16.7 Å². The molecule has 0 aromatic heterocycles. The van der Waals surface area contributed by atoms with E-state index in [-0.39, 0.29) is 11.3 Å². The zero-order chi connectivity index (χ0) is 22.7. The molecule has 1 aliphatic rings. The lowest BCUT2D eigenvalue weighted by atomic mass is 9.92. The van der Waals surface area contributed by atoms with Crippen LogP contribution in [0.4, 0.5) is 5.69 Å². The van der Waals surface area contributed by atoms with Gasteiger partial charge in [0.1, 0.15) is 23.0 Å². The van der Waals surface area contributed by atoms with E-state index in [1.165, 1.54) is 0 Å². The molecular formula is C27H27NO4. The normalized spacial score (nSPS) is 19.0. The number of para-hydroxylation sites is 1. The minimum atomic E-state index is -0.848. The smallest absolute Gasteiger partial charge is 0.340 e. The average molecular weight is 430 g/mol. The summed E-state index contributed by atoms with van der Waals surface area (Å²) in [4.78, 5) is 19.8. The third-order valence-electron chi connectivity index (χ3n) is 5.10. The molecule has 0 bridgehead atoms. The van der Waals surface area contributed by atoms with Gasteiger partial charge in [0.15, 0.2) is 6.10 Å². The molecule has 164 valence electrons. The summed E-state index contributed by atoms with van der Waals surface area (Å²) in [6, 6.07) is 27.7. The molecule has 0 unspecified atom stereocenters. The van der Waals surface area contributed by atoms with Gasteiger partial charge in [-0.25, -0.2) is 9.86 Å². The van der Waals surface area contributed by atoms with Gasteiger partial charge in [0, 0.05) is 0 Å². The fourth-order valence-electron chi connectivity index (χ4n) is 3.74. The van der Waals surface area contributed by atoms with Crippen molar-refractivity contribution in [3.63, 3.8) is 0 Å². The van der Waals surface area contributed by atoms with Crippen LogP contribution >= 0.6 is 0 Å². The number of aliphatic hydroxyl groups excluding tert-OH is 1. The van der Waals surface area contributed by atoms with Gasteiger partial charge in [-0.15, -0.1) is 0 Å². The number of hydroxylamine groups is 1. The van der Waals surface area contributed by atoms with Crippen LogP contribution in [0.25, 0.3) is 0 Å². The van der Waals surface area contributed by atoms with Crippen LogP contribution in [0, 0.1) is 0 Å². The van der Waals surface area contributed by atoms with Crippen molar-refractivity contribution in [1.29, 1.82) is 0 Å². The second-order valence-electron chi connectivity index (χ2n) is 8.67. The average Bonchev–Trinajstić information content (AvgIpc) is 2.79. The van der Waals surface area contributed by atoms with E-state index in [1.807, 2.05) is 112 Å². The predicted molar refractivity (Wildman–Crippen MR) is 124 cm³/mol. The number of rotatable bonds is 4. The molecule has 32 heavy (non-hydrogen) atoms. The Morgan fingerprint density at radius 1 is 0.844 bits per heavy atom. The largest absolute Gasteiger partial charge is 0.508 e. The molecule has 0 radical (unpaired) electrons. The highest BCUT2D eigenvalue weighted by Crippen LogP contribution is 2.45. The van der Waals surface area contributed by atoms with Gasteiger partial charge in [0.25, 0.3) is 0 Å². The topological polar surface area (TPSA) is 59.0 Å². The number of nitrogens with zero attached hydrogens (tertiary/aromatic N) is 1. The van der Waals surface area contributed by atoms with Gasteiger partial charge in [-0.1, -0.05) is 78.9 Å². The van der Waals surface area contributed by atoms with Gasteiger partial charge in [0.05, 0.1) is 5.69 Å². The molecule has 0 amide bonds. The molecular weight excluding hydrogens is 402 g/mol. The van der Waals surface area contributed by atoms with Crippen molar-refractivity contribution < 1.29 is 19.5 Å². The van der Waals surface area contributed by atoms with E-state index >= 15 is 0 Å². The fraction of sp³-hybridized carbons (Fsp3) is 0.222. The van der Waals surface area contributed by atoms with Crippen molar-refractivity contribution in [3.05, 3.63) is 113 Å². The first kappa shape index (κ1) is 21.7. The van der Waals surface area contributed by atoms with Crippen LogP contribution in [0.15, 0.2) is 102 Å². The van der Waals surface area contributed by atoms with Crippen molar-refractivity contribution in [2.45, 2.75) is 38.5 Å². The van der Waals surface area contributed by atoms with Crippen LogP contribution in [0.2, 0.25) is 0 Å². The number of anilines is 1. The summed E-state index contributed by atoms with van der Waals surface area (Å²) in [6.07, 6.45) is -0.848. The van der Waals surface area contributed by atoms with Crippen molar-refractivity contribution >= 4 is 11.7 Å². The molecule has 4 rings (SSSR count). The van der Waals surface area contributed by atoms with Crippen molar-refractivity contribution in [2.75, 3.05) is 5.06 Å². The second kappa shape index (κ2) is 8.89. The molecule has 1 heterocycles. The lowest BCUT2D eigenvalue weighted by Gasteiger charge is -2.41. The summed E-state index contributed by atoms with van der Waals surface area (Å²) >= 11 is 0. The lowest BCUT2D eigenvalue weighted by Crippen LogP contribution is -2.41. The van der Waals surface area contributed by atoms with E-state index in [4.69, 9.17) is 9.57 Å². The Kier molecular flexibility index (Phi) is 6.01. The summed E-state index contributed by atoms with van der Waals surface area (Å²) in [5.41, 5.74) is 1.74. The Hall–Kier alpha value is -3.57. The van der Waals surface area contributed by atoms with E-state index in [0.717, 1.165) is 16.8 Å². The van der Waals surface area contributed by atoms with E-state index < -0.39 is 23.7 Å². The van der Waals surface area contributed by atoms with E-state index in [0.29, 0.717) is 0 Å². The van der Waals surface area contributed by atoms with Crippen LogP contribution in [0.5, 0.6) is 0 Å². The quantitative estimate of drug-likeness (QED) is 0.510. The third-order valence-corrected chi connectivity index (χ3v) is 5.10. The van der Waals surface area contributed by atoms with Crippen molar-refractivity contribution in [1.82, 2.24) is 0 Å². The summed E-state index contributed by atoms with van der Waals surface area (Å²) < 4.78 is 5.73. The Bertz CT molecular complexity index is 1090. The number of carbonyl (C=O) groups is 1. The lowest BCUT2D eigenvalue weighted by molar-refractivity contribution is -0.152. The van der Waals surface area contributed by atoms with Gasteiger partial charge in [-0.3, -0.25) is 4.84 Å². The maximum absolute atomic E-state index is 13.4. The van der Waals surface area contributed by atoms with Crippen LogP contribution < -0.4 is 5.06 Å². The van der Waals surface area contributed by atoms with Gasteiger partial charge in [0.2, 0.25) is 0 Å². The first-order chi connectivity index (χ1) is 15.3. The summed E-state index contributed by atoms with van der Waals surface area (Å²) in [5, 5.41) is 13.1. The number of ether oxygens (including phenoxy) is 1. The minimum Gasteiger partial charge on any atom is -0.508 e. The van der Waals surface area contributed by atoms with Gasteiger partial charge in [-0.05, 0) is 44.0 Å². The molecule has 0 saturated heterocycles. The molecule has 0 aliphatic carbocycles.